The first-order valence-corrected chi connectivity index (χ1v) is 9.53. The van der Waals surface area contributed by atoms with Gasteiger partial charge in [-0.25, -0.2) is 4.39 Å². The minimum Gasteiger partial charge on any atom is -0.496 e. The van der Waals surface area contributed by atoms with Crippen molar-refractivity contribution in [2.75, 3.05) is 38.8 Å². The third kappa shape index (κ3) is 4.88. The van der Waals surface area contributed by atoms with Crippen molar-refractivity contribution >= 4 is 11.6 Å². The van der Waals surface area contributed by atoms with Gasteiger partial charge in [-0.3, -0.25) is 9.69 Å². The summed E-state index contributed by atoms with van der Waals surface area (Å²) in [7, 11) is 3.20. The zero-order chi connectivity index (χ0) is 19.9. The van der Waals surface area contributed by atoms with Gasteiger partial charge < -0.3 is 14.4 Å². The third-order valence-corrected chi connectivity index (χ3v) is 5.15. The van der Waals surface area contributed by atoms with Crippen LogP contribution in [-0.4, -0.2) is 50.8 Å². The smallest absolute Gasteiger partial charge is 0.253 e. The molecule has 0 atom stereocenters. The molecule has 5 nitrogen and oxygen atoms in total. The van der Waals surface area contributed by atoms with E-state index in [0.717, 1.165) is 43.8 Å². The average molecular weight is 386 g/mol. The Kier molecular flexibility index (Phi) is 7.01. The summed E-state index contributed by atoms with van der Waals surface area (Å²) < 4.78 is 23.8. The Morgan fingerprint density at radius 1 is 1.11 bits per heavy atom. The van der Waals surface area contributed by atoms with Crippen LogP contribution in [0, 0.1) is 5.82 Å². The van der Waals surface area contributed by atoms with Crippen LogP contribution in [0.25, 0.3) is 0 Å². The molecule has 2 aromatic carbocycles. The number of anilines is 1. The molecule has 1 amide bonds. The molecule has 0 N–H and O–H groups in total. The van der Waals surface area contributed by atoms with Crippen LogP contribution >= 0.6 is 0 Å². The van der Waals surface area contributed by atoms with Gasteiger partial charge in [-0.05, 0) is 43.2 Å². The van der Waals surface area contributed by atoms with Gasteiger partial charge in [0.1, 0.15) is 18.2 Å². The number of benzene rings is 2. The third-order valence-electron chi connectivity index (χ3n) is 5.15. The van der Waals surface area contributed by atoms with Gasteiger partial charge in [0.25, 0.3) is 5.91 Å². The minimum absolute atomic E-state index is 0.0127. The van der Waals surface area contributed by atoms with E-state index in [2.05, 4.69) is 11.0 Å². The highest BCUT2D eigenvalue weighted by molar-refractivity contribution is 5.94. The molecule has 150 valence electrons. The number of para-hydroxylation sites is 1. The number of hydrogen-bond donors (Lipinski definition) is 0. The van der Waals surface area contributed by atoms with Crippen molar-refractivity contribution in [1.82, 2.24) is 4.90 Å². The molecule has 1 aliphatic heterocycles. The Morgan fingerprint density at radius 3 is 2.43 bits per heavy atom. The molecule has 0 aromatic heterocycles. The number of carbonyl (C=O) groups excluding carboxylic acids is 1. The van der Waals surface area contributed by atoms with Crippen molar-refractivity contribution in [3.8, 4) is 5.75 Å². The lowest BCUT2D eigenvalue weighted by molar-refractivity contribution is -0.122. The molecule has 0 saturated carbocycles. The van der Waals surface area contributed by atoms with E-state index in [4.69, 9.17) is 9.47 Å². The Morgan fingerprint density at radius 2 is 1.79 bits per heavy atom. The van der Waals surface area contributed by atoms with Crippen LogP contribution < -0.4 is 9.64 Å². The monoisotopic (exact) mass is 386 g/mol. The van der Waals surface area contributed by atoms with E-state index in [-0.39, 0.29) is 24.4 Å². The molecule has 0 spiro atoms. The van der Waals surface area contributed by atoms with E-state index in [1.165, 1.54) is 19.2 Å². The Hall–Kier alpha value is -2.44. The highest BCUT2D eigenvalue weighted by Gasteiger charge is 2.29. The van der Waals surface area contributed by atoms with Crippen LogP contribution in [0.3, 0.4) is 0 Å². The molecule has 28 heavy (non-hydrogen) atoms. The zero-order valence-electron chi connectivity index (χ0n) is 16.4. The maximum atomic E-state index is 13.3. The molecule has 1 fully saturated rings. The van der Waals surface area contributed by atoms with Crippen LogP contribution in [0.1, 0.15) is 18.4 Å². The van der Waals surface area contributed by atoms with Crippen LogP contribution in [-0.2, 0) is 16.1 Å². The quantitative estimate of drug-likeness (QED) is 0.731. The number of nitrogens with zero attached hydrogens (tertiary/aromatic N) is 2. The number of piperidine rings is 1. The number of rotatable bonds is 7. The molecule has 1 saturated heterocycles. The summed E-state index contributed by atoms with van der Waals surface area (Å²) in [5, 5.41) is 0. The zero-order valence-corrected chi connectivity index (χ0v) is 16.4. The predicted octanol–water partition coefficient (Wildman–Crippen LogP) is 3.48. The van der Waals surface area contributed by atoms with E-state index in [9.17, 15) is 9.18 Å². The topological polar surface area (TPSA) is 42.0 Å². The van der Waals surface area contributed by atoms with Crippen LogP contribution in [0.15, 0.2) is 48.5 Å². The molecule has 0 aliphatic carbocycles. The summed E-state index contributed by atoms with van der Waals surface area (Å²) in [5.74, 6) is 0.486. The first-order valence-electron chi connectivity index (χ1n) is 9.53. The summed E-state index contributed by atoms with van der Waals surface area (Å²) in [6.45, 7) is 2.58. The van der Waals surface area contributed by atoms with Crippen molar-refractivity contribution in [2.24, 2.45) is 0 Å². The van der Waals surface area contributed by atoms with E-state index in [0.29, 0.717) is 5.69 Å². The lowest BCUT2D eigenvalue weighted by Crippen LogP contribution is -2.48. The molecular formula is C22H27FN2O3. The largest absolute Gasteiger partial charge is 0.496 e. The van der Waals surface area contributed by atoms with Crippen molar-refractivity contribution in [3.63, 3.8) is 0 Å². The second-order valence-electron chi connectivity index (χ2n) is 6.99. The van der Waals surface area contributed by atoms with Gasteiger partial charge in [-0.15, -0.1) is 0 Å². The van der Waals surface area contributed by atoms with Gasteiger partial charge in [0.05, 0.1) is 7.11 Å². The summed E-state index contributed by atoms with van der Waals surface area (Å²) in [6.07, 6.45) is 1.70. The van der Waals surface area contributed by atoms with E-state index >= 15 is 0 Å². The van der Waals surface area contributed by atoms with Gasteiger partial charge in [0.2, 0.25) is 0 Å². The van der Waals surface area contributed by atoms with Gasteiger partial charge >= 0.3 is 0 Å². The van der Waals surface area contributed by atoms with E-state index in [1.807, 2.05) is 18.2 Å². The first kappa shape index (κ1) is 20.3. The van der Waals surface area contributed by atoms with Gasteiger partial charge in [0.15, 0.2) is 0 Å². The summed E-state index contributed by atoms with van der Waals surface area (Å²) >= 11 is 0. The number of amides is 1. The number of hydrogen-bond acceptors (Lipinski definition) is 4. The normalized spacial score (nSPS) is 15.4. The number of ether oxygens (including phenoxy) is 2. The summed E-state index contributed by atoms with van der Waals surface area (Å²) in [4.78, 5) is 16.8. The van der Waals surface area contributed by atoms with Gasteiger partial charge in [-0.1, -0.05) is 18.2 Å². The molecule has 0 bridgehead atoms. The standard InChI is InChI=1S/C22H27FN2O3/c1-27-16-22(26)25(19-9-7-18(23)8-10-19)20-11-13-24(14-12-20)15-17-5-3-4-6-21(17)28-2/h3-10,20H,11-16H2,1-2H3. The van der Waals surface area contributed by atoms with Crippen molar-refractivity contribution < 1.29 is 18.7 Å². The van der Waals surface area contributed by atoms with Crippen molar-refractivity contribution in [1.29, 1.82) is 0 Å². The molecule has 0 radical (unpaired) electrons. The second kappa shape index (κ2) is 9.66. The van der Waals surface area contributed by atoms with E-state index in [1.54, 1.807) is 24.1 Å². The Labute approximate surface area is 165 Å². The number of halogens is 1. The van der Waals surface area contributed by atoms with Gasteiger partial charge in [0, 0.05) is 44.0 Å². The van der Waals surface area contributed by atoms with E-state index < -0.39 is 0 Å². The maximum absolute atomic E-state index is 13.3. The number of likely N-dealkylation sites (tertiary alicyclic amines) is 1. The Bertz CT molecular complexity index is 774. The van der Waals surface area contributed by atoms with Crippen LogP contribution in [0.4, 0.5) is 10.1 Å². The molecule has 2 aromatic rings. The predicted molar refractivity (Wildman–Crippen MR) is 107 cm³/mol. The maximum Gasteiger partial charge on any atom is 0.253 e. The van der Waals surface area contributed by atoms with Crippen molar-refractivity contribution in [2.45, 2.75) is 25.4 Å². The number of methoxy groups -OCH3 is 2. The second-order valence-corrected chi connectivity index (χ2v) is 6.99. The first-order chi connectivity index (χ1) is 13.6. The average Bonchev–Trinajstić information content (AvgIpc) is 2.71. The lowest BCUT2D eigenvalue weighted by Gasteiger charge is -2.38. The summed E-state index contributed by atoms with van der Waals surface area (Å²) in [5.41, 5.74) is 1.88. The molecule has 6 heteroatoms. The fourth-order valence-corrected chi connectivity index (χ4v) is 3.76. The lowest BCUT2D eigenvalue weighted by atomic mass is 10.0. The van der Waals surface area contributed by atoms with Crippen LogP contribution in [0.5, 0.6) is 5.75 Å². The SMILES string of the molecule is COCC(=O)N(c1ccc(F)cc1)C1CCN(Cc2ccccc2OC)CC1. The molecule has 1 aliphatic rings. The molecular weight excluding hydrogens is 359 g/mol. The minimum atomic E-state index is -0.311. The highest BCUT2D eigenvalue weighted by atomic mass is 19.1. The molecule has 3 rings (SSSR count). The van der Waals surface area contributed by atoms with Crippen LogP contribution in [0.2, 0.25) is 0 Å². The fourth-order valence-electron chi connectivity index (χ4n) is 3.76. The van der Waals surface area contributed by atoms with Gasteiger partial charge in [-0.2, -0.15) is 0 Å². The molecule has 0 unspecified atom stereocenters. The van der Waals surface area contributed by atoms with Crippen molar-refractivity contribution in [3.05, 3.63) is 59.9 Å². The fraction of sp³-hybridized carbons (Fsp3) is 0.409. The Balaban J connectivity index is 1.68. The highest BCUT2D eigenvalue weighted by Crippen LogP contribution is 2.26. The summed E-state index contributed by atoms with van der Waals surface area (Å²) in [6, 6.07) is 14.2. The molecule has 1 heterocycles. The number of carbonyl (C=O) groups is 1.